The first kappa shape index (κ1) is 14.2. The Kier molecular flexibility index (Phi) is 5.05. The minimum absolute atomic E-state index is 0.0850. The summed E-state index contributed by atoms with van der Waals surface area (Å²) in [5.74, 6) is 2.22. The third-order valence-electron chi connectivity index (χ3n) is 3.16. The maximum absolute atomic E-state index is 5.86. The number of rotatable bonds is 8. The number of methoxy groups -OCH3 is 1. The summed E-state index contributed by atoms with van der Waals surface area (Å²) in [6, 6.07) is 5.94. The molecule has 1 fully saturated rings. The van der Waals surface area contributed by atoms with E-state index in [-0.39, 0.29) is 12.8 Å². The van der Waals surface area contributed by atoms with Crippen molar-refractivity contribution in [2.75, 3.05) is 20.5 Å². The van der Waals surface area contributed by atoms with Crippen molar-refractivity contribution in [2.45, 2.75) is 32.2 Å². The predicted octanol–water partition coefficient (Wildman–Crippen LogP) is 2.35. The molecule has 0 bridgehead atoms. The van der Waals surface area contributed by atoms with Crippen LogP contribution in [0.4, 0.5) is 0 Å². The summed E-state index contributed by atoms with van der Waals surface area (Å²) >= 11 is 0. The van der Waals surface area contributed by atoms with Crippen LogP contribution in [0.15, 0.2) is 18.2 Å². The van der Waals surface area contributed by atoms with Gasteiger partial charge in [-0.15, -0.1) is 0 Å². The van der Waals surface area contributed by atoms with Gasteiger partial charge >= 0.3 is 0 Å². The lowest BCUT2D eigenvalue weighted by Crippen LogP contribution is -2.18. The summed E-state index contributed by atoms with van der Waals surface area (Å²) in [5.41, 5.74) is 6.92. The summed E-state index contributed by atoms with van der Waals surface area (Å²) < 4.78 is 16.6. The van der Waals surface area contributed by atoms with Gasteiger partial charge in [-0.1, -0.05) is 12.1 Å². The van der Waals surface area contributed by atoms with E-state index in [1.54, 1.807) is 7.11 Å². The smallest absolute Gasteiger partial charge is 0.189 e. The molecule has 1 aromatic carbocycles. The molecule has 4 nitrogen and oxygen atoms in total. The second kappa shape index (κ2) is 6.78. The van der Waals surface area contributed by atoms with Gasteiger partial charge in [-0.2, -0.15) is 0 Å². The Bertz CT molecular complexity index is 402. The van der Waals surface area contributed by atoms with Gasteiger partial charge < -0.3 is 19.9 Å². The van der Waals surface area contributed by atoms with E-state index < -0.39 is 0 Å². The van der Waals surface area contributed by atoms with E-state index in [0.29, 0.717) is 0 Å². The third-order valence-corrected chi connectivity index (χ3v) is 3.16. The molecule has 0 saturated heterocycles. The Balaban J connectivity index is 1.96. The highest BCUT2D eigenvalue weighted by atomic mass is 16.7. The number of hydrogen-bond acceptors (Lipinski definition) is 4. The molecule has 2 N–H and O–H groups in total. The molecule has 0 radical (unpaired) electrons. The van der Waals surface area contributed by atoms with Gasteiger partial charge in [0, 0.05) is 6.04 Å². The standard InChI is InChI=1S/C15H23NO3/c1-11(16)8-13-4-3-5-14(17-2)15(13)19-10-18-9-12-6-7-12/h3-5,11-12H,6-10,16H2,1-2H3. The molecule has 0 spiro atoms. The average Bonchev–Trinajstić information content (AvgIpc) is 3.19. The van der Waals surface area contributed by atoms with Gasteiger partial charge in [0.15, 0.2) is 18.3 Å². The monoisotopic (exact) mass is 265 g/mol. The number of para-hydroxylation sites is 1. The van der Waals surface area contributed by atoms with E-state index in [9.17, 15) is 0 Å². The zero-order valence-electron chi connectivity index (χ0n) is 11.7. The molecule has 1 atom stereocenters. The predicted molar refractivity (Wildman–Crippen MR) is 74.5 cm³/mol. The molecule has 1 aliphatic carbocycles. The van der Waals surface area contributed by atoms with Crippen molar-refractivity contribution >= 4 is 0 Å². The Morgan fingerprint density at radius 3 is 2.79 bits per heavy atom. The molecule has 0 heterocycles. The Labute approximate surface area is 114 Å². The van der Waals surface area contributed by atoms with Crippen LogP contribution in [0.2, 0.25) is 0 Å². The first-order valence-electron chi connectivity index (χ1n) is 6.82. The minimum atomic E-state index is 0.0850. The number of nitrogens with two attached hydrogens (primary N) is 1. The van der Waals surface area contributed by atoms with Crippen LogP contribution in [0.25, 0.3) is 0 Å². The summed E-state index contributed by atoms with van der Waals surface area (Å²) in [7, 11) is 1.64. The van der Waals surface area contributed by atoms with E-state index in [1.807, 2.05) is 25.1 Å². The zero-order valence-corrected chi connectivity index (χ0v) is 11.7. The maximum atomic E-state index is 5.86. The number of ether oxygens (including phenoxy) is 3. The first-order chi connectivity index (χ1) is 9.20. The highest BCUT2D eigenvalue weighted by Crippen LogP contribution is 2.32. The fourth-order valence-electron chi connectivity index (χ4n) is 1.99. The Hall–Kier alpha value is -1.26. The Morgan fingerprint density at radius 1 is 1.37 bits per heavy atom. The molecule has 1 aromatic rings. The van der Waals surface area contributed by atoms with Crippen molar-refractivity contribution in [3.63, 3.8) is 0 Å². The molecule has 4 heteroatoms. The molecular formula is C15H23NO3. The molecule has 1 saturated carbocycles. The van der Waals surface area contributed by atoms with E-state index >= 15 is 0 Å². The van der Waals surface area contributed by atoms with Gasteiger partial charge in [-0.3, -0.25) is 0 Å². The molecule has 0 amide bonds. The lowest BCUT2D eigenvalue weighted by Gasteiger charge is -2.16. The summed E-state index contributed by atoms with van der Waals surface area (Å²) in [6.07, 6.45) is 3.32. The normalized spacial score (nSPS) is 16.2. The Morgan fingerprint density at radius 2 is 2.16 bits per heavy atom. The SMILES string of the molecule is COc1cccc(CC(C)N)c1OCOCC1CC1. The van der Waals surface area contributed by atoms with Gasteiger partial charge in [0.25, 0.3) is 0 Å². The highest BCUT2D eigenvalue weighted by Gasteiger charge is 2.21. The lowest BCUT2D eigenvalue weighted by atomic mass is 10.1. The molecule has 2 rings (SSSR count). The average molecular weight is 265 g/mol. The van der Waals surface area contributed by atoms with Crippen LogP contribution in [0.3, 0.4) is 0 Å². The molecule has 106 valence electrons. The van der Waals surface area contributed by atoms with Gasteiger partial charge in [0.1, 0.15) is 0 Å². The molecular weight excluding hydrogens is 242 g/mol. The van der Waals surface area contributed by atoms with E-state index in [1.165, 1.54) is 12.8 Å². The van der Waals surface area contributed by atoms with Crippen molar-refractivity contribution in [1.29, 1.82) is 0 Å². The zero-order chi connectivity index (χ0) is 13.7. The lowest BCUT2D eigenvalue weighted by molar-refractivity contribution is 0.00809. The van der Waals surface area contributed by atoms with Crippen LogP contribution in [-0.4, -0.2) is 26.6 Å². The van der Waals surface area contributed by atoms with Crippen molar-refractivity contribution < 1.29 is 14.2 Å². The van der Waals surface area contributed by atoms with Crippen LogP contribution >= 0.6 is 0 Å². The maximum Gasteiger partial charge on any atom is 0.189 e. The largest absolute Gasteiger partial charge is 0.493 e. The van der Waals surface area contributed by atoms with Gasteiger partial charge in [0.05, 0.1) is 13.7 Å². The van der Waals surface area contributed by atoms with E-state index in [4.69, 9.17) is 19.9 Å². The van der Waals surface area contributed by atoms with Gasteiger partial charge in [0.2, 0.25) is 0 Å². The second-order valence-corrected chi connectivity index (χ2v) is 5.21. The van der Waals surface area contributed by atoms with Crippen LogP contribution < -0.4 is 15.2 Å². The fraction of sp³-hybridized carbons (Fsp3) is 0.600. The van der Waals surface area contributed by atoms with Crippen molar-refractivity contribution in [3.05, 3.63) is 23.8 Å². The number of benzene rings is 1. The first-order valence-corrected chi connectivity index (χ1v) is 6.82. The molecule has 1 unspecified atom stereocenters. The highest BCUT2D eigenvalue weighted by molar-refractivity contribution is 5.46. The molecule has 1 aliphatic rings. The van der Waals surface area contributed by atoms with Gasteiger partial charge in [-0.25, -0.2) is 0 Å². The summed E-state index contributed by atoms with van der Waals surface area (Å²) in [6.45, 7) is 3.04. The van der Waals surface area contributed by atoms with Crippen LogP contribution in [0.5, 0.6) is 11.5 Å². The topological polar surface area (TPSA) is 53.7 Å². The summed E-state index contributed by atoms with van der Waals surface area (Å²) in [5, 5.41) is 0. The van der Waals surface area contributed by atoms with Crippen molar-refractivity contribution in [1.82, 2.24) is 0 Å². The quantitative estimate of drug-likeness (QED) is 0.579. The second-order valence-electron chi connectivity index (χ2n) is 5.21. The van der Waals surface area contributed by atoms with Gasteiger partial charge in [-0.05, 0) is 43.7 Å². The van der Waals surface area contributed by atoms with E-state index in [0.717, 1.165) is 36.0 Å². The number of hydrogen-bond donors (Lipinski definition) is 1. The van der Waals surface area contributed by atoms with Crippen molar-refractivity contribution in [2.24, 2.45) is 11.7 Å². The van der Waals surface area contributed by atoms with Crippen LogP contribution in [-0.2, 0) is 11.2 Å². The minimum Gasteiger partial charge on any atom is -0.493 e. The fourth-order valence-corrected chi connectivity index (χ4v) is 1.99. The molecule has 19 heavy (non-hydrogen) atoms. The molecule has 0 aromatic heterocycles. The van der Waals surface area contributed by atoms with Crippen LogP contribution in [0.1, 0.15) is 25.3 Å². The van der Waals surface area contributed by atoms with Crippen molar-refractivity contribution in [3.8, 4) is 11.5 Å². The van der Waals surface area contributed by atoms with E-state index in [2.05, 4.69) is 0 Å². The third kappa shape index (κ3) is 4.40. The summed E-state index contributed by atoms with van der Waals surface area (Å²) in [4.78, 5) is 0. The molecule has 0 aliphatic heterocycles. The van der Waals surface area contributed by atoms with Crippen LogP contribution in [0, 0.1) is 5.92 Å².